The highest BCUT2D eigenvalue weighted by Gasteiger charge is 2.55. The third kappa shape index (κ3) is 2.83. The van der Waals surface area contributed by atoms with Gasteiger partial charge < -0.3 is 9.73 Å². The highest BCUT2D eigenvalue weighted by molar-refractivity contribution is 5.53. The topological polar surface area (TPSA) is 38.1 Å². The second-order valence-corrected chi connectivity index (χ2v) is 8.55. The summed E-state index contributed by atoms with van der Waals surface area (Å²) in [4.78, 5) is 4.79. The summed E-state index contributed by atoms with van der Waals surface area (Å²) in [7, 11) is 0. The monoisotopic (exact) mass is 338 g/mol. The molecule has 1 unspecified atom stereocenters. The largest absolute Gasteiger partial charge is 0.441 e. The van der Waals surface area contributed by atoms with Crippen LogP contribution in [0.2, 0.25) is 0 Å². The van der Waals surface area contributed by atoms with Crippen molar-refractivity contribution in [3.63, 3.8) is 0 Å². The Kier molecular flexibility index (Phi) is 4.23. The average molecular weight is 338 g/mol. The van der Waals surface area contributed by atoms with E-state index < -0.39 is 0 Å². The zero-order valence-electron chi connectivity index (χ0n) is 15.9. The molecule has 1 aromatic carbocycles. The van der Waals surface area contributed by atoms with Gasteiger partial charge in [-0.05, 0) is 48.1 Å². The summed E-state index contributed by atoms with van der Waals surface area (Å²) in [6, 6.07) is 10.8. The Hall–Kier alpha value is -1.61. The third-order valence-electron chi connectivity index (χ3n) is 7.01. The fourth-order valence-corrected chi connectivity index (χ4v) is 5.15. The number of nitrogens with zero attached hydrogens (tertiary/aromatic N) is 1. The normalized spacial score (nSPS) is 30.1. The molecule has 2 bridgehead atoms. The number of oxazole rings is 1. The Morgan fingerprint density at radius 1 is 1.20 bits per heavy atom. The van der Waals surface area contributed by atoms with Crippen LogP contribution in [0.3, 0.4) is 0 Å². The number of fused-ring (bicyclic) bond motifs is 2. The summed E-state index contributed by atoms with van der Waals surface area (Å²) < 4.78 is 6.03. The number of aryl methyl sites for hydroxylation is 1. The second-order valence-electron chi connectivity index (χ2n) is 8.55. The van der Waals surface area contributed by atoms with Crippen LogP contribution < -0.4 is 5.32 Å². The smallest absolute Gasteiger partial charge is 0.226 e. The maximum atomic E-state index is 6.03. The van der Waals surface area contributed by atoms with E-state index in [0.717, 1.165) is 53.6 Å². The van der Waals surface area contributed by atoms with Gasteiger partial charge in [-0.15, -0.1) is 0 Å². The molecule has 3 aliphatic carbocycles. The molecule has 3 heteroatoms. The molecule has 4 atom stereocenters. The molecule has 3 aliphatic rings. The van der Waals surface area contributed by atoms with E-state index in [0.29, 0.717) is 11.5 Å². The van der Waals surface area contributed by atoms with Crippen LogP contribution in [-0.2, 0) is 13.0 Å². The van der Waals surface area contributed by atoms with Crippen molar-refractivity contribution >= 4 is 0 Å². The predicted molar refractivity (Wildman–Crippen MR) is 101 cm³/mol. The van der Waals surface area contributed by atoms with Crippen LogP contribution in [0.1, 0.15) is 52.0 Å². The van der Waals surface area contributed by atoms with Crippen LogP contribution >= 0.6 is 0 Å². The van der Waals surface area contributed by atoms with Gasteiger partial charge >= 0.3 is 0 Å². The molecule has 2 aromatic rings. The van der Waals surface area contributed by atoms with E-state index in [-0.39, 0.29) is 0 Å². The Morgan fingerprint density at radius 2 is 1.96 bits per heavy atom. The molecule has 3 saturated carbocycles. The van der Waals surface area contributed by atoms with Crippen molar-refractivity contribution in [3.05, 3.63) is 41.8 Å². The summed E-state index contributed by atoms with van der Waals surface area (Å²) in [6.07, 6.45) is 3.61. The van der Waals surface area contributed by atoms with Gasteiger partial charge in [0.2, 0.25) is 5.89 Å². The lowest BCUT2D eigenvalue weighted by Gasteiger charge is -2.62. The minimum absolute atomic E-state index is 0.542. The molecule has 3 fully saturated rings. The van der Waals surface area contributed by atoms with E-state index in [9.17, 15) is 0 Å². The van der Waals surface area contributed by atoms with Crippen molar-refractivity contribution in [1.82, 2.24) is 10.3 Å². The molecule has 3 nitrogen and oxygen atoms in total. The highest BCUT2D eigenvalue weighted by atomic mass is 16.4. The van der Waals surface area contributed by atoms with E-state index in [1.54, 1.807) is 0 Å². The van der Waals surface area contributed by atoms with Crippen LogP contribution in [0.15, 0.2) is 34.7 Å². The van der Waals surface area contributed by atoms with Crippen molar-refractivity contribution in [2.24, 2.45) is 23.2 Å². The zero-order chi connectivity index (χ0) is 17.6. The fourth-order valence-electron chi connectivity index (χ4n) is 5.15. The number of benzene rings is 1. The third-order valence-corrected chi connectivity index (χ3v) is 7.01. The van der Waals surface area contributed by atoms with Crippen molar-refractivity contribution in [2.75, 3.05) is 0 Å². The van der Waals surface area contributed by atoms with Gasteiger partial charge in [0.15, 0.2) is 0 Å². The van der Waals surface area contributed by atoms with E-state index in [1.807, 2.05) is 18.2 Å². The first-order valence-corrected chi connectivity index (χ1v) is 9.78. The summed E-state index contributed by atoms with van der Waals surface area (Å²) in [5.41, 5.74) is 2.67. The van der Waals surface area contributed by atoms with Crippen LogP contribution in [0, 0.1) is 23.2 Å². The lowest BCUT2D eigenvalue weighted by molar-refractivity contribution is -0.115. The number of nitrogens with one attached hydrogen (secondary N) is 1. The first-order valence-electron chi connectivity index (χ1n) is 9.78. The van der Waals surface area contributed by atoms with Gasteiger partial charge in [-0.25, -0.2) is 4.98 Å². The van der Waals surface area contributed by atoms with Crippen molar-refractivity contribution in [1.29, 1.82) is 0 Å². The van der Waals surface area contributed by atoms with Gasteiger partial charge in [0.05, 0.1) is 5.69 Å². The van der Waals surface area contributed by atoms with Crippen LogP contribution in [0.5, 0.6) is 0 Å². The van der Waals surface area contributed by atoms with Gasteiger partial charge in [-0.3, -0.25) is 0 Å². The molecule has 25 heavy (non-hydrogen) atoms. The summed E-state index contributed by atoms with van der Waals surface area (Å²) in [6.45, 7) is 10.3. The number of hydrogen-bond acceptors (Lipinski definition) is 3. The summed E-state index contributed by atoms with van der Waals surface area (Å²) in [5.74, 6) is 4.25. The van der Waals surface area contributed by atoms with Gasteiger partial charge in [0, 0.05) is 24.6 Å². The molecule has 1 heterocycles. The molecule has 0 aliphatic heterocycles. The van der Waals surface area contributed by atoms with E-state index in [2.05, 4.69) is 45.1 Å². The maximum absolute atomic E-state index is 6.03. The minimum atomic E-state index is 0.542. The van der Waals surface area contributed by atoms with E-state index in [1.165, 1.54) is 12.8 Å². The Bertz CT molecular complexity index is 734. The molecule has 0 amide bonds. The summed E-state index contributed by atoms with van der Waals surface area (Å²) in [5, 5.41) is 3.80. The van der Waals surface area contributed by atoms with Crippen LogP contribution in [-0.4, -0.2) is 11.0 Å². The SMILES string of the molecule is CCc1oc(-c2ccccc2)nc1CNC1C[C@@H]2C[C@H]([C@H]1C)C2(C)C. The molecule has 0 spiro atoms. The fraction of sp³-hybridized carbons (Fsp3) is 0.591. The molecule has 134 valence electrons. The minimum Gasteiger partial charge on any atom is -0.441 e. The van der Waals surface area contributed by atoms with E-state index >= 15 is 0 Å². The van der Waals surface area contributed by atoms with Gasteiger partial charge in [-0.1, -0.05) is 45.9 Å². The van der Waals surface area contributed by atoms with Crippen molar-refractivity contribution < 1.29 is 4.42 Å². The standard InChI is InChI=1S/C22H30N2O/c1-5-20-19(24-21(25-20)15-9-7-6-8-10-15)13-23-18-12-16-11-17(14(18)2)22(16,3)4/h6-10,14,16-18,23H,5,11-13H2,1-4H3/t14-,16+,17-,18?/m1/s1. The van der Waals surface area contributed by atoms with Gasteiger partial charge in [0.1, 0.15) is 5.76 Å². The number of hydrogen-bond donors (Lipinski definition) is 1. The molecule has 0 radical (unpaired) electrons. The predicted octanol–water partition coefficient (Wildman–Crippen LogP) is 5.06. The van der Waals surface area contributed by atoms with Gasteiger partial charge in [0.25, 0.3) is 0 Å². The Balaban J connectivity index is 1.46. The molecule has 0 saturated heterocycles. The second kappa shape index (κ2) is 6.28. The first kappa shape index (κ1) is 16.8. The van der Waals surface area contributed by atoms with Gasteiger partial charge in [-0.2, -0.15) is 0 Å². The van der Waals surface area contributed by atoms with Crippen LogP contribution in [0.25, 0.3) is 11.5 Å². The van der Waals surface area contributed by atoms with Crippen molar-refractivity contribution in [2.45, 2.75) is 59.5 Å². The zero-order valence-corrected chi connectivity index (χ0v) is 15.9. The Labute approximate surface area is 151 Å². The molecule has 1 N–H and O–H groups in total. The first-order chi connectivity index (χ1) is 12.0. The van der Waals surface area contributed by atoms with Crippen LogP contribution in [0.4, 0.5) is 0 Å². The van der Waals surface area contributed by atoms with E-state index in [4.69, 9.17) is 9.40 Å². The maximum Gasteiger partial charge on any atom is 0.226 e. The van der Waals surface area contributed by atoms with Crippen molar-refractivity contribution in [3.8, 4) is 11.5 Å². The quantitative estimate of drug-likeness (QED) is 0.827. The summed E-state index contributed by atoms with van der Waals surface area (Å²) >= 11 is 0. The number of aromatic nitrogens is 1. The lowest BCUT2D eigenvalue weighted by Crippen LogP contribution is -2.59. The molecular weight excluding hydrogens is 308 g/mol. The molecular formula is C22H30N2O. The average Bonchev–Trinajstić information content (AvgIpc) is 3.04. The molecule has 5 rings (SSSR count). The Morgan fingerprint density at radius 3 is 2.60 bits per heavy atom. The lowest BCUT2D eigenvalue weighted by atomic mass is 9.45. The molecule has 1 aromatic heterocycles. The number of rotatable bonds is 5. The highest BCUT2D eigenvalue weighted by Crippen LogP contribution is 2.61.